The van der Waals surface area contributed by atoms with Crippen molar-refractivity contribution in [1.82, 2.24) is 24.4 Å². The number of amides is 1. The van der Waals surface area contributed by atoms with Crippen LogP contribution in [0.5, 0.6) is 0 Å². The molecule has 7 heteroatoms. The molecule has 0 spiro atoms. The maximum absolute atomic E-state index is 12.3. The van der Waals surface area contributed by atoms with E-state index in [1.54, 1.807) is 12.4 Å². The fourth-order valence-corrected chi connectivity index (χ4v) is 3.29. The molecule has 0 saturated heterocycles. The molecule has 0 radical (unpaired) electrons. The fourth-order valence-electron chi connectivity index (χ4n) is 3.29. The van der Waals surface area contributed by atoms with E-state index in [0.29, 0.717) is 19.5 Å². The van der Waals surface area contributed by atoms with Crippen molar-refractivity contribution in [2.75, 3.05) is 24.5 Å². The van der Waals surface area contributed by atoms with Gasteiger partial charge in [0.25, 0.3) is 0 Å². The van der Waals surface area contributed by atoms with Gasteiger partial charge >= 0.3 is 0 Å². The van der Waals surface area contributed by atoms with E-state index in [9.17, 15) is 4.79 Å². The van der Waals surface area contributed by atoms with Crippen molar-refractivity contribution in [2.24, 2.45) is 0 Å². The van der Waals surface area contributed by atoms with Gasteiger partial charge in [0.2, 0.25) is 11.9 Å². The molecule has 0 saturated carbocycles. The number of hydrogen-bond acceptors (Lipinski definition) is 5. The standard InChI is InChI=1S/C17H20N6O/c1-13-16-20-14(11-15(24)21-7-2-3-8-21)12-22(16)9-10-23(13)17-18-5-4-6-19-17/h2-6,12-13H,7-11H2,1H3. The monoisotopic (exact) mass is 324 g/mol. The molecule has 2 aliphatic heterocycles. The minimum absolute atomic E-state index is 0.0819. The van der Waals surface area contributed by atoms with Crippen LogP contribution in [0.3, 0.4) is 0 Å². The number of nitrogens with zero attached hydrogens (tertiary/aromatic N) is 6. The average molecular weight is 324 g/mol. The molecule has 7 nitrogen and oxygen atoms in total. The Morgan fingerprint density at radius 1 is 1.21 bits per heavy atom. The first-order valence-electron chi connectivity index (χ1n) is 8.25. The third-order valence-electron chi connectivity index (χ3n) is 4.59. The highest BCUT2D eigenvalue weighted by atomic mass is 16.2. The number of fused-ring (bicyclic) bond motifs is 1. The number of imidazole rings is 1. The summed E-state index contributed by atoms with van der Waals surface area (Å²) in [6.45, 7) is 5.18. The van der Waals surface area contributed by atoms with Crippen molar-refractivity contribution in [3.63, 3.8) is 0 Å². The number of carbonyl (C=O) groups excluding carboxylic acids is 1. The van der Waals surface area contributed by atoms with E-state index < -0.39 is 0 Å². The van der Waals surface area contributed by atoms with E-state index in [2.05, 4.69) is 26.4 Å². The first-order chi connectivity index (χ1) is 11.7. The summed E-state index contributed by atoms with van der Waals surface area (Å²) in [5, 5.41) is 0. The minimum Gasteiger partial charge on any atom is -0.335 e. The SMILES string of the molecule is CC1c2nc(CC(=O)N3CC=CC3)cn2CCN1c1ncccn1. The first kappa shape index (κ1) is 14.9. The predicted octanol–water partition coefficient (Wildman–Crippen LogP) is 1.20. The van der Waals surface area contributed by atoms with Crippen LogP contribution in [0, 0.1) is 0 Å². The minimum atomic E-state index is 0.0819. The number of aromatic nitrogens is 4. The molecule has 0 fully saturated rings. The molecule has 0 aliphatic carbocycles. The molecule has 4 rings (SSSR count). The second kappa shape index (κ2) is 6.07. The van der Waals surface area contributed by atoms with E-state index in [1.165, 1.54) is 0 Å². The number of anilines is 1. The van der Waals surface area contributed by atoms with Gasteiger partial charge in [-0.25, -0.2) is 15.0 Å². The highest BCUT2D eigenvalue weighted by Gasteiger charge is 2.28. The molecule has 0 bridgehead atoms. The highest BCUT2D eigenvalue weighted by molar-refractivity contribution is 5.79. The Morgan fingerprint density at radius 2 is 1.96 bits per heavy atom. The lowest BCUT2D eigenvalue weighted by Crippen LogP contribution is -2.37. The molecule has 2 aliphatic rings. The quantitative estimate of drug-likeness (QED) is 0.794. The van der Waals surface area contributed by atoms with Crippen LogP contribution >= 0.6 is 0 Å². The lowest BCUT2D eigenvalue weighted by atomic mass is 10.2. The average Bonchev–Trinajstić information content (AvgIpc) is 3.25. The third-order valence-corrected chi connectivity index (χ3v) is 4.59. The van der Waals surface area contributed by atoms with Gasteiger partial charge in [0.1, 0.15) is 5.82 Å². The molecule has 24 heavy (non-hydrogen) atoms. The lowest BCUT2D eigenvalue weighted by molar-refractivity contribution is -0.129. The van der Waals surface area contributed by atoms with Crippen LogP contribution in [0.4, 0.5) is 5.95 Å². The van der Waals surface area contributed by atoms with Crippen molar-refractivity contribution in [1.29, 1.82) is 0 Å². The molecular weight excluding hydrogens is 304 g/mol. The second-order valence-corrected chi connectivity index (χ2v) is 6.15. The van der Waals surface area contributed by atoms with Crippen LogP contribution < -0.4 is 4.90 Å². The lowest BCUT2D eigenvalue weighted by Gasteiger charge is -2.33. The molecule has 1 atom stereocenters. The summed E-state index contributed by atoms with van der Waals surface area (Å²) in [4.78, 5) is 29.7. The number of rotatable bonds is 3. The van der Waals surface area contributed by atoms with E-state index >= 15 is 0 Å². The van der Waals surface area contributed by atoms with Gasteiger partial charge in [-0.05, 0) is 13.0 Å². The summed E-state index contributed by atoms with van der Waals surface area (Å²) >= 11 is 0. The Bertz CT molecular complexity index is 761. The molecule has 1 amide bonds. The topological polar surface area (TPSA) is 67.2 Å². The van der Waals surface area contributed by atoms with Crippen LogP contribution in [-0.2, 0) is 17.8 Å². The Morgan fingerprint density at radius 3 is 2.71 bits per heavy atom. The Balaban J connectivity index is 1.51. The van der Waals surface area contributed by atoms with Crippen molar-refractivity contribution in [2.45, 2.75) is 25.9 Å². The largest absolute Gasteiger partial charge is 0.335 e. The van der Waals surface area contributed by atoms with Gasteiger partial charge in [-0.2, -0.15) is 0 Å². The van der Waals surface area contributed by atoms with Crippen molar-refractivity contribution in [3.8, 4) is 0 Å². The molecule has 2 aromatic heterocycles. The molecule has 1 unspecified atom stereocenters. The molecule has 4 heterocycles. The van der Waals surface area contributed by atoms with Gasteiger partial charge in [0, 0.05) is 44.8 Å². The van der Waals surface area contributed by atoms with Crippen LogP contribution in [-0.4, -0.2) is 50.0 Å². The highest BCUT2D eigenvalue weighted by Crippen LogP contribution is 2.27. The van der Waals surface area contributed by atoms with Crippen molar-refractivity contribution >= 4 is 11.9 Å². The summed E-state index contributed by atoms with van der Waals surface area (Å²) in [5.41, 5.74) is 0.838. The van der Waals surface area contributed by atoms with Gasteiger partial charge in [0.15, 0.2) is 0 Å². The molecule has 2 aromatic rings. The van der Waals surface area contributed by atoms with E-state index in [4.69, 9.17) is 4.98 Å². The van der Waals surface area contributed by atoms with Gasteiger partial charge in [-0.1, -0.05) is 12.2 Å². The summed E-state index contributed by atoms with van der Waals surface area (Å²) < 4.78 is 2.15. The van der Waals surface area contributed by atoms with Crippen LogP contribution in [0.25, 0.3) is 0 Å². The Labute approximate surface area is 140 Å². The summed E-state index contributed by atoms with van der Waals surface area (Å²) in [6, 6.07) is 1.90. The van der Waals surface area contributed by atoms with Gasteiger partial charge in [-0.3, -0.25) is 4.79 Å². The second-order valence-electron chi connectivity index (χ2n) is 6.15. The van der Waals surface area contributed by atoms with Gasteiger partial charge in [0.05, 0.1) is 18.2 Å². The number of carbonyl (C=O) groups is 1. The maximum Gasteiger partial charge on any atom is 0.229 e. The normalized spacial score (nSPS) is 19.6. The van der Waals surface area contributed by atoms with Crippen molar-refractivity contribution in [3.05, 3.63) is 48.3 Å². The first-order valence-corrected chi connectivity index (χ1v) is 8.25. The molecule has 124 valence electrons. The molecular formula is C17H20N6O. The summed E-state index contributed by atoms with van der Waals surface area (Å²) in [5.74, 6) is 1.82. The molecule has 0 N–H and O–H groups in total. The summed E-state index contributed by atoms with van der Waals surface area (Å²) in [6.07, 6.45) is 9.92. The number of hydrogen-bond donors (Lipinski definition) is 0. The van der Waals surface area contributed by atoms with E-state index in [-0.39, 0.29) is 11.9 Å². The fraction of sp³-hybridized carbons (Fsp3) is 0.412. The Hall–Kier alpha value is -2.70. The zero-order valence-electron chi connectivity index (χ0n) is 13.7. The maximum atomic E-state index is 12.3. The van der Waals surface area contributed by atoms with Crippen LogP contribution in [0.1, 0.15) is 24.5 Å². The van der Waals surface area contributed by atoms with Gasteiger partial charge < -0.3 is 14.4 Å². The van der Waals surface area contributed by atoms with Gasteiger partial charge in [-0.15, -0.1) is 0 Å². The van der Waals surface area contributed by atoms with Crippen LogP contribution in [0.2, 0.25) is 0 Å². The van der Waals surface area contributed by atoms with Crippen molar-refractivity contribution < 1.29 is 4.79 Å². The third kappa shape index (κ3) is 2.66. The van der Waals surface area contributed by atoms with E-state index in [0.717, 1.165) is 30.6 Å². The zero-order valence-corrected chi connectivity index (χ0v) is 13.7. The Kier molecular flexibility index (Phi) is 3.76. The predicted molar refractivity (Wildman–Crippen MR) is 89.4 cm³/mol. The zero-order chi connectivity index (χ0) is 16.5. The van der Waals surface area contributed by atoms with Crippen LogP contribution in [0.15, 0.2) is 36.8 Å². The van der Waals surface area contributed by atoms with E-state index in [1.807, 2.05) is 29.3 Å². The smallest absolute Gasteiger partial charge is 0.229 e. The molecule has 0 aromatic carbocycles. The summed E-state index contributed by atoms with van der Waals surface area (Å²) in [7, 11) is 0.